The van der Waals surface area contributed by atoms with Crippen LogP contribution in [0.5, 0.6) is 0 Å². The lowest BCUT2D eigenvalue weighted by molar-refractivity contribution is -0.284. The fourth-order valence-corrected chi connectivity index (χ4v) is 13.2. The molecule has 0 aliphatic carbocycles. The van der Waals surface area contributed by atoms with E-state index in [1.54, 1.807) is 14.2 Å². The first kappa shape index (κ1) is 80.6. The molecule has 20 nitrogen and oxygen atoms in total. The number of sulfone groups is 2. The van der Waals surface area contributed by atoms with Crippen LogP contribution in [0.25, 0.3) is 22.5 Å². The van der Waals surface area contributed by atoms with Crippen molar-refractivity contribution in [1.29, 1.82) is 0 Å². The maximum atomic E-state index is 14.1. The molecule has 7 rings (SSSR count). The number of nitrogens with zero attached hydrogens (tertiary/aromatic N) is 4. The van der Waals surface area contributed by atoms with Crippen molar-refractivity contribution in [3.63, 3.8) is 0 Å². The Hall–Kier alpha value is -6.84. The number of alkyl halides is 16. The minimum atomic E-state index is -5.63. The predicted octanol–water partition coefficient (Wildman–Crippen LogP) is 10.2. The van der Waals surface area contributed by atoms with Gasteiger partial charge in [-0.15, -0.1) is 0 Å². The van der Waals surface area contributed by atoms with Gasteiger partial charge in [-0.2, -0.15) is 70.2 Å². The fourth-order valence-electron chi connectivity index (χ4n) is 9.38. The third-order valence-electron chi connectivity index (χ3n) is 15.1. The highest BCUT2D eigenvalue weighted by Gasteiger charge is 2.58. The van der Waals surface area contributed by atoms with Crippen LogP contribution in [0.3, 0.4) is 0 Å². The van der Waals surface area contributed by atoms with Crippen molar-refractivity contribution in [3.05, 3.63) is 96.3 Å². The van der Waals surface area contributed by atoms with Gasteiger partial charge in [-0.3, -0.25) is 19.6 Å². The molecule has 0 bridgehead atoms. The number of carboxylic acids is 3. The summed E-state index contributed by atoms with van der Waals surface area (Å²) in [4.78, 5) is 60.9. The van der Waals surface area contributed by atoms with E-state index in [1.165, 1.54) is 85.2 Å². The lowest BCUT2D eigenvalue weighted by Gasteiger charge is -2.40. The zero-order chi connectivity index (χ0) is 71.7. The Balaban J connectivity index is 0.000000339. The van der Waals surface area contributed by atoms with Crippen molar-refractivity contribution >= 4 is 43.5 Å². The minimum Gasteiger partial charge on any atom is -0.480 e. The number of hydroxylamine groups is 1. The van der Waals surface area contributed by atoms with Crippen LogP contribution in [-0.2, 0) is 70.7 Å². The Morgan fingerprint density at radius 2 is 0.916 bits per heavy atom. The Morgan fingerprint density at radius 1 is 0.558 bits per heavy atom. The zero-order valence-electron chi connectivity index (χ0n) is 50.2. The molecule has 4 N–H and O–H groups in total. The molecular formula is C57H65F16N5O15S2. The lowest BCUT2D eigenvalue weighted by Crippen LogP contribution is -2.58. The molecule has 1 amide bonds. The van der Waals surface area contributed by atoms with E-state index in [4.69, 9.17) is 38.9 Å². The number of likely N-dealkylation sites (tertiary alicyclic amines) is 2. The summed E-state index contributed by atoms with van der Waals surface area (Å²) in [6.45, 7) is 3.82. The van der Waals surface area contributed by atoms with Gasteiger partial charge in [-0.25, -0.2) is 36.7 Å². The molecule has 3 aliphatic heterocycles. The Kier molecular flexibility index (Phi) is 28.3. The predicted molar refractivity (Wildman–Crippen MR) is 301 cm³/mol. The molecule has 0 radical (unpaired) electrons. The second-order valence-electron chi connectivity index (χ2n) is 21.5. The highest BCUT2D eigenvalue weighted by Crippen LogP contribution is 2.42. The van der Waals surface area contributed by atoms with E-state index in [-0.39, 0.29) is 59.7 Å². The van der Waals surface area contributed by atoms with Gasteiger partial charge in [-0.1, -0.05) is 36.4 Å². The molecular weight excluding hydrogens is 1360 g/mol. The molecule has 0 spiro atoms. The molecule has 0 saturated carbocycles. The smallest absolute Gasteiger partial charge is 0.480 e. The number of carbonyl (C=O) groups excluding carboxylic acids is 1. The number of hydrogen-bond donors (Lipinski definition) is 4. The van der Waals surface area contributed by atoms with Crippen molar-refractivity contribution in [1.82, 2.24) is 25.2 Å². The summed E-state index contributed by atoms with van der Waals surface area (Å²) in [5.41, 5.74) is 4.40. The van der Waals surface area contributed by atoms with Gasteiger partial charge < -0.3 is 39.3 Å². The molecule has 1 atom stereocenters. The molecule has 38 heteroatoms. The SMILES string of the molecule is COCCN1CCC(C(=O)NOC2CCCCO2)(S(=O)(=O)c2ccc(-c3ccc(CCC(F)(F)C(F)(F)F)cn3)cc2)CC1.COCCN1CCC(C(=O)O)(S(=O)(=O)c2ccc(-c3ccc(CCC(F)(F)C(F)(F)F)cn3)cc2)CC1.O=C(O)C(F)(F)F.O=C(O)C(F)(F)F. The largest absolute Gasteiger partial charge is 0.490 e. The number of methoxy groups -OCH3 is 2. The van der Waals surface area contributed by atoms with Gasteiger partial charge >= 0.3 is 54.5 Å². The van der Waals surface area contributed by atoms with Gasteiger partial charge in [0.1, 0.15) is 0 Å². The Bertz CT molecular complexity index is 3340. The highest BCUT2D eigenvalue weighted by molar-refractivity contribution is 7.94. The van der Waals surface area contributed by atoms with Crippen LogP contribution in [0.4, 0.5) is 70.2 Å². The van der Waals surface area contributed by atoms with Crippen LogP contribution in [0.15, 0.2) is 95.0 Å². The number of amides is 1. The third kappa shape index (κ3) is 21.8. The average Bonchev–Trinajstić information content (AvgIpc) is 0.751. The van der Waals surface area contributed by atoms with Gasteiger partial charge in [-0.05, 0) is 98.9 Å². The van der Waals surface area contributed by atoms with Crippen LogP contribution in [0, 0.1) is 0 Å². The maximum absolute atomic E-state index is 14.1. The molecule has 95 heavy (non-hydrogen) atoms. The van der Waals surface area contributed by atoms with E-state index in [1.807, 2.05) is 9.80 Å². The molecule has 4 aromatic rings. The van der Waals surface area contributed by atoms with Crippen LogP contribution in [0.2, 0.25) is 0 Å². The Labute approximate surface area is 532 Å². The molecule has 2 aromatic carbocycles. The fraction of sp³-hybridized carbons (Fsp3) is 0.544. The highest BCUT2D eigenvalue weighted by atomic mass is 32.2. The number of carbonyl (C=O) groups is 4. The van der Waals surface area contributed by atoms with Gasteiger partial charge in [0.2, 0.25) is 0 Å². The van der Waals surface area contributed by atoms with E-state index >= 15 is 0 Å². The number of piperidine rings is 2. The zero-order valence-corrected chi connectivity index (χ0v) is 51.8. The van der Waals surface area contributed by atoms with Crippen molar-refractivity contribution < 1.29 is 141 Å². The topological polar surface area (TPSA) is 278 Å². The van der Waals surface area contributed by atoms with Gasteiger partial charge in [0, 0.05) is 103 Å². The van der Waals surface area contributed by atoms with E-state index in [2.05, 4.69) is 15.4 Å². The van der Waals surface area contributed by atoms with E-state index < -0.39 is 122 Å². The summed E-state index contributed by atoms with van der Waals surface area (Å²) in [6, 6.07) is 16.8. The molecule has 532 valence electrons. The normalized spacial score (nSPS) is 17.5. The van der Waals surface area contributed by atoms with Gasteiger partial charge in [0.05, 0.1) is 34.4 Å². The van der Waals surface area contributed by atoms with Crippen LogP contribution >= 0.6 is 0 Å². The van der Waals surface area contributed by atoms with Crippen LogP contribution in [0.1, 0.15) is 68.9 Å². The summed E-state index contributed by atoms with van der Waals surface area (Å²) in [5, 5.41) is 24.2. The van der Waals surface area contributed by atoms with Crippen molar-refractivity contribution in [2.24, 2.45) is 0 Å². The first-order chi connectivity index (χ1) is 43.9. The number of benzene rings is 2. The Morgan fingerprint density at radius 3 is 1.21 bits per heavy atom. The van der Waals surface area contributed by atoms with Crippen molar-refractivity contribution in [2.45, 2.75) is 133 Å². The summed E-state index contributed by atoms with van der Waals surface area (Å²) < 4.78 is 258. The summed E-state index contributed by atoms with van der Waals surface area (Å²) >= 11 is 0. The number of aromatic nitrogens is 2. The molecule has 3 saturated heterocycles. The van der Waals surface area contributed by atoms with E-state index in [9.17, 15) is 102 Å². The monoisotopic (exact) mass is 1430 g/mol. The standard InChI is InChI=1S/C29H36F5N3O6S.C24H27F5N2O5S.2C2HF3O2/c1-41-19-17-37-15-13-27(14-16-37,26(38)36-43-25-4-2-3-18-42-25)44(39,40)23-8-6-22(7-9-23)24-10-5-21(20-35-24)11-12-28(30,31)29(32,33)34;1-36-15-14-31-12-10-22(11-13-31,21(32)33)37(34,35)19-5-3-18(4-6-19)20-7-2-17(16-30-20)8-9-23(25,26)24(27,28)29;2*3-2(4,5)1(6)7/h5-10,20,25H,2-4,11-19H2,1H3,(H,36,38);2-7,16H,8-15H2,1H3,(H,32,33);2*(H,6,7). The number of ether oxygens (including phenoxy) is 3. The van der Waals surface area contributed by atoms with Crippen molar-refractivity contribution in [3.8, 4) is 22.5 Å². The third-order valence-corrected chi connectivity index (χ3v) is 20.2. The second-order valence-corrected chi connectivity index (χ2v) is 26.0. The number of nitrogens with one attached hydrogen (secondary N) is 1. The molecule has 3 fully saturated rings. The molecule has 3 aliphatic rings. The number of rotatable bonds is 22. The van der Waals surface area contributed by atoms with Crippen molar-refractivity contribution in [2.75, 3.05) is 73.3 Å². The number of pyridine rings is 2. The number of halogens is 16. The number of carboxylic acid groups (broad SMARTS) is 3. The number of aliphatic carboxylic acids is 3. The number of hydrogen-bond acceptors (Lipinski definition) is 16. The lowest BCUT2D eigenvalue weighted by atomic mass is 9.95. The van der Waals surface area contributed by atoms with E-state index in [0.717, 1.165) is 12.8 Å². The van der Waals surface area contributed by atoms with Gasteiger partial charge in [0.15, 0.2) is 35.5 Å². The molecule has 1 unspecified atom stereocenters. The minimum absolute atomic E-state index is 0.0257. The molecule has 5 heterocycles. The maximum Gasteiger partial charge on any atom is 0.490 e. The number of aryl methyl sites for hydroxylation is 2. The van der Waals surface area contributed by atoms with Crippen LogP contribution in [-0.4, -0.2) is 201 Å². The second kappa shape index (κ2) is 33.4. The average molecular weight is 1430 g/mol. The van der Waals surface area contributed by atoms with E-state index in [0.29, 0.717) is 74.9 Å². The summed E-state index contributed by atoms with van der Waals surface area (Å²) in [5.74, 6) is -17.3. The first-order valence-electron chi connectivity index (χ1n) is 28.2. The van der Waals surface area contributed by atoms with Gasteiger partial charge in [0.25, 0.3) is 5.91 Å². The summed E-state index contributed by atoms with van der Waals surface area (Å²) in [6.07, 6.45) is -21.3. The quantitative estimate of drug-likeness (QED) is 0.0420. The first-order valence-corrected chi connectivity index (χ1v) is 31.2. The van der Waals surface area contributed by atoms with Crippen LogP contribution < -0.4 is 5.48 Å². The molecule has 2 aromatic heterocycles. The summed E-state index contributed by atoms with van der Waals surface area (Å²) in [7, 11) is -5.36.